The minimum Gasteiger partial charge on any atom is -0.479 e. The second-order valence-corrected chi connectivity index (χ2v) is 7.48. The van der Waals surface area contributed by atoms with Crippen LogP contribution in [0.3, 0.4) is 0 Å². The molecular formula is C20H21NO4S. The molecule has 6 heteroatoms. The van der Waals surface area contributed by atoms with Crippen LogP contribution in [0.2, 0.25) is 0 Å². The summed E-state index contributed by atoms with van der Waals surface area (Å²) in [5.41, 5.74) is 0.112. The molecule has 0 saturated carbocycles. The van der Waals surface area contributed by atoms with Gasteiger partial charge in [0.15, 0.2) is 5.60 Å². The molecule has 2 aromatic rings. The SMILES string of the molecule is O=C(c1ccc(SCc2ccccc2)cc1)N1CCC(O)(C(=O)O)CC1. The standard InChI is InChI=1S/C20H21NO4S/c22-18(21-12-10-20(25,11-13-21)19(23)24)16-6-8-17(9-7-16)26-14-15-4-2-1-3-5-15/h1-9,25H,10-14H2,(H,23,24). The van der Waals surface area contributed by atoms with E-state index >= 15 is 0 Å². The van der Waals surface area contributed by atoms with Gasteiger partial charge in [0.2, 0.25) is 0 Å². The van der Waals surface area contributed by atoms with E-state index in [-0.39, 0.29) is 31.8 Å². The summed E-state index contributed by atoms with van der Waals surface area (Å²) in [5, 5.41) is 19.0. The zero-order valence-electron chi connectivity index (χ0n) is 14.3. The largest absolute Gasteiger partial charge is 0.479 e. The van der Waals surface area contributed by atoms with Gasteiger partial charge in [0.25, 0.3) is 5.91 Å². The van der Waals surface area contributed by atoms with Gasteiger partial charge >= 0.3 is 5.97 Å². The summed E-state index contributed by atoms with van der Waals surface area (Å²) in [5.74, 6) is -0.477. The predicted molar refractivity (Wildman–Crippen MR) is 100 cm³/mol. The van der Waals surface area contributed by atoms with Crippen LogP contribution in [0.25, 0.3) is 0 Å². The van der Waals surface area contributed by atoms with Crippen molar-refractivity contribution in [2.75, 3.05) is 13.1 Å². The number of carbonyl (C=O) groups is 2. The van der Waals surface area contributed by atoms with Crippen molar-refractivity contribution in [1.29, 1.82) is 0 Å². The summed E-state index contributed by atoms with van der Waals surface area (Å²) in [6.45, 7) is 0.484. The third-order valence-electron chi connectivity index (χ3n) is 4.63. The van der Waals surface area contributed by atoms with Gasteiger partial charge in [-0.25, -0.2) is 4.79 Å². The fourth-order valence-corrected chi connectivity index (χ4v) is 3.77. The molecule has 0 aliphatic carbocycles. The molecule has 0 spiro atoms. The van der Waals surface area contributed by atoms with Gasteiger partial charge in [-0.05, 0) is 29.8 Å². The van der Waals surface area contributed by atoms with Crippen molar-refractivity contribution in [3.8, 4) is 0 Å². The van der Waals surface area contributed by atoms with Crippen LogP contribution >= 0.6 is 11.8 Å². The van der Waals surface area contributed by atoms with E-state index in [1.165, 1.54) is 5.56 Å². The molecule has 2 N–H and O–H groups in total. The fraction of sp³-hybridized carbons (Fsp3) is 0.300. The van der Waals surface area contributed by atoms with E-state index in [0.29, 0.717) is 5.56 Å². The lowest BCUT2D eigenvalue weighted by Crippen LogP contribution is -2.50. The lowest BCUT2D eigenvalue weighted by atomic mass is 9.91. The topological polar surface area (TPSA) is 77.8 Å². The molecule has 0 atom stereocenters. The molecule has 0 bridgehead atoms. The first-order chi connectivity index (χ1) is 12.5. The Kier molecular flexibility index (Phi) is 5.64. The first-order valence-corrected chi connectivity index (χ1v) is 9.48. The summed E-state index contributed by atoms with van der Waals surface area (Å²) in [4.78, 5) is 26.3. The van der Waals surface area contributed by atoms with Crippen molar-refractivity contribution in [2.45, 2.75) is 29.1 Å². The highest BCUT2D eigenvalue weighted by Crippen LogP contribution is 2.26. The van der Waals surface area contributed by atoms with Crippen LogP contribution in [0.4, 0.5) is 0 Å². The molecule has 0 aromatic heterocycles. The monoisotopic (exact) mass is 371 g/mol. The van der Waals surface area contributed by atoms with Crippen LogP contribution in [0, 0.1) is 0 Å². The van der Waals surface area contributed by atoms with Crippen LogP contribution in [-0.2, 0) is 10.5 Å². The third kappa shape index (κ3) is 4.26. The van der Waals surface area contributed by atoms with Crippen molar-refractivity contribution in [2.24, 2.45) is 0 Å². The number of aliphatic hydroxyl groups is 1. The van der Waals surface area contributed by atoms with E-state index in [1.807, 2.05) is 30.3 Å². The van der Waals surface area contributed by atoms with Crippen LogP contribution in [0.15, 0.2) is 59.5 Å². The van der Waals surface area contributed by atoms with Crippen molar-refractivity contribution in [3.63, 3.8) is 0 Å². The van der Waals surface area contributed by atoms with E-state index < -0.39 is 11.6 Å². The number of thioether (sulfide) groups is 1. The molecular weight excluding hydrogens is 350 g/mol. The summed E-state index contributed by atoms with van der Waals surface area (Å²) in [7, 11) is 0. The summed E-state index contributed by atoms with van der Waals surface area (Å²) in [6, 6.07) is 17.6. The number of piperidine rings is 1. The highest BCUT2D eigenvalue weighted by Gasteiger charge is 2.40. The zero-order valence-corrected chi connectivity index (χ0v) is 15.1. The van der Waals surface area contributed by atoms with E-state index in [1.54, 1.807) is 28.8 Å². The Hall–Kier alpha value is -2.31. The lowest BCUT2D eigenvalue weighted by molar-refractivity contribution is -0.162. The number of rotatable bonds is 5. The first kappa shape index (κ1) is 18.5. The fourth-order valence-electron chi connectivity index (χ4n) is 2.91. The first-order valence-electron chi connectivity index (χ1n) is 8.50. The van der Waals surface area contributed by atoms with Crippen LogP contribution in [-0.4, -0.2) is 45.7 Å². The average Bonchev–Trinajstić information content (AvgIpc) is 2.67. The number of aliphatic carboxylic acids is 1. The van der Waals surface area contributed by atoms with Gasteiger partial charge in [0.05, 0.1) is 0 Å². The van der Waals surface area contributed by atoms with Crippen molar-refractivity contribution >= 4 is 23.6 Å². The molecule has 5 nitrogen and oxygen atoms in total. The van der Waals surface area contributed by atoms with Crippen molar-refractivity contribution < 1.29 is 19.8 Å². The van der Waals surface area contributed by atoms with E-state index in [4.69, 9.17) is 5.11 Å². The van der Waals surface area contributed by atoms with E-state index in [2.05, 4.69) is 12.1 Å². The Balaban J connectivity index is 1.57. The number of likely N-dealkylation sites (tertiary alicyclic amines) is 1. The molecule has 1 aliphatic heterocycles. The quantitative estimate of drug-likeness (QED) is 0.790. The molecule has 1 saturated heterocycles. The number of carboxylic acids is 1. The maximum absolute atomic E-state index is 12.6. The van der Waals surface area contributed by atoms with Gasteiger partial charge in [-0.3, -0.25) is 4.79 Å². The number of hydrogen-bond acceptors (Lipinski definition) is 4. The Morgan fingerprint density at radius 2 is 1.62 bits per heavy atom. The lowest BCUT2D eigenvalue weighted by Gasteiger charge is -2.35. The number of carbonyl (C=O) groups excluding carboxylic acids is 1. The van der Waals surface area contributed by atoms with Crippen molar-refractivity contribution in [3.05, 3.63) is 65.7 Å². The van der Waals surface area contributed by atoms with Gasteiger partial charge in [0.1, 0.15) is 0 Å². The Labute approximate surface area is 156 Å². The van der Waals surface area contributed by atoms with Gasteiger partial charge < -0.3 is 15.1 Å². The van der Waals surface area contributed by atoms with Crippen LogP contribution in [0.1, 0.15) is 28.8 Å². The highest BCUT2D eigenvalue weighted by atomic mass is 32.2. The van der Waals surface area contributed by atoms with E-state index in [0.717, 1.165) is 10.6 Å². The van der Waals surface area contributed by atoms with Crippen LogP contribution < -0.4 is 0 Å². The smallest absolute Gasteiger partial charge is 0.335 e. The second kappa shape index (κ2) is 7.93. The number of amides is 1. The van der Waals surface area contributed by atoms with Crippen molar-refractivity contribution in [1.82, 2.24) is 4.90 Å². The Morgan fingerprint density at radius 1 is 1.00 bits per heavy atom. The minimum absolute atomic E-state index is 0.0546. The number of hydrogen-bond donors (Lipinski definition) is 2. The minimum atomic E-state index is -1.71. The molecule has 1 heterocycles. The summed E-state index contributed by atoms with van der Waals surface area (Å²) in [6.07, 6.45) is 0.109. The van der Waals surface area contributed by atoms with Gasteiger partial charge in [-0.15, -0.1) is 11.8 Å². The Bertz CT molecular complexity index is 768. The van der Waals surface area contributed by atoms with Gasteiger partial charge in [-0.1, -0.05) is 30.3 Å². The molecule has 3 rings (SSSR count). The maximum Gasteiger partial charge on any atom is 0.335 e. The summed E-state index contributed by atoms with van der Waals surface area (Å²) < 4.78 is 0. The van der Waals surface area contributed by atoms with E-state index in [9.17, 15) is 14.7 Å². The summed E-state index contributed by atoms with van der Waals surface area (Å²) >= 11 is 1.71. The maximum atomic E-state index is 12.6. The molecule has 2 aromatic carbocycles. The van der Waals surface area contributed by atoms with Crippen LogP contribution in [0.5, 0.6) is 0 Å². The highest BCUT2D eigenvalue weighted by molar-refractivity contribution is 7.98. The van der Waals surface area contributed by atoms with Gasteiger partial charge in [0, 0.05) is 42.1 Å². The number of carboxylic acid groups (broad SMARTS) is 1. The molecule has 0 radical (unpaired) electrons. The predicted octanol–water partition coefficient (Wildman–Crippen LogP) is 3.03. The molecule has 1 fully saturated rings. The normalized spacial score (nSPS) is 16.3. The number of nitrogens with zero attached hydrogens (tertiary/aromatic N) is 1. The molecule has 26 heavy (non-hydrogen) atoms. The third-order valence-corrected chi connectivity index (χ3v) is 5.71. The molecule has 1 aliphatic rings. The molecule has 0 unspecified atom stereocenters. The average molecular weight is 371 g/mol. The Morgan fingerprint density at radius 3 is 2.19 bits per heavy atom. The van der Waals surface area contributed by atoms with Gasteiger partial charge in [-0.2, -0.15) is 0 Å². The second-order valence-electron chi connectivity index (χ2n) is 6.43. The zero-order chi connectivity index (χ0) is 18.6. The molecule has 136 valence electrons. The molecule has 1 amide bonds. The number of benzene rings is 2.